The van der Waals surface area contributed by atoms with E-state index in [-0.39, 0.29) is 10.7 Å². The third kappa shape index (κ3) is 3.93. The molecule has 8 heteroatoms. The molecule has 1 aromatic rings. The monoisotopic (exact) mass is 255 g/mol. The highest BCUT2D eigenvalue weighted by Gasteiger charge is 2.28. The molecular weight excluding hydrogens is 251 g/mol. The highest BCUT2D eigenvalue weighted by atomic mass is 35.5. The van der Waals surface area contributed by atoms with E-state index in [1.165, 1.54) is 0 Å². The van der Waals surface area contributed by atoms with Crippen LogP contribution in [0.15, 0.2) is 12.1 Å². The second kappa shape index (κ2) is 4.56. The fraction of sp³-hybridized carbons (Fsp3) is 0.250. The van der Waals surface area contributed by atoms with E-state index in [1.54, 1.807) is 0 Å². The second-order valence-corrected chi connectivity index (χ2v) is 3.11. The number of carboxylic acids is 1. The molecule has 0 spiro atoms. The van der Waals surface area contributed by atoms with Crippen molar-refractivity contribution in [1.82, 2.24) is 4.98 Å². The molecule has 0 unspecified atom stereocenters. The van der Waals surface area contributed by atoms with Crippen molar-refractivity contribution in [1.29, 1.82) is 0 Å². The summed E-state index contributed by atoms with van der Waals surface area (Å²) >= 11 is 5.41. The molecule has 16 heavy (non-hydrogen) atoms. The van der Waals surface area contributed by atoms with Crippen LogP contribution >= 0.6 is 11.6 Å². The van der Waals surface area contributed by atoms with E-state index in [1.807, 2.05) is 0 Å². The van der Waals surface area contributed by atoms with Gasteiger partial charge >= 0.3 is 12.1 Å². The molecule has 4 nitrogen and oxygen atoms in total. The Hall–Kier alpha value is -1.50. The van der Waals surface area contributed by atoms with Gasteiger partial charge in [-0.1, -0.05) is 11.6 Å². The number of ether oxygens (including phenoxy) is 1. The van der Waals surface area contributed by atoms with Gasteiger partial charge in [-0.15, -0.1) is 0 Å². The Labute approximate surface area is 92.6 Å². The Balaban J connectivity index is 2.85. The van der Waals surface area contributed by atoms with Crippen LogP contribution in [-0.2, 0) is 0 Å². The number of aromatic carboxylic acids is 1. The highest BCUT2D eigenvalue weighted by molar-refractivity contribution is 6.29. The van der Waals surface area contributed by atoms with Crippen LogP contribution in [0.2, 0.25) is 5.15 Å². The van der Waals surface area contributed by atoms with Crippen LogP contribution in [0, 0.1) is 0 Å². The summed E-state index contributed by atoms with van der Waals surface area (Å²) in [7, 11) is 0. The SMILES string of the molecule is O=C(O)c1cc(Cl)nc(OCC(F)(F)F)c1. The van der Waals surface area contributed by atoms with Gasteiger partial charge in [-0.2, -0.15) is 13.2 Å². The first-order valence-electron chi connectivity index (χ1n) is 3.88. The minimum absolute atomic E-state index is 0.253. The van der Waals surface area contributed by atoms with E-state index in [0.717, 1.165) is 12.1 Å². The molecule has 1 N–H and O–H groups in total. The summed E-state index contributed by atoms with van der Waals surface area (Å²) in [4.78, 5) is 13.9. The molecule has 0 aromatic carbocycles. The van der Waals surface area contributed by atoms with Crippen LogP contribution < -0.4 is 4.74 Å². The molecule has 0 saturated carbocycles. The summed E-state index contributed by atoms with van der Waals surface area (Å²) in [5.74, 6) is -1.82. The molecule has 1 rings (SSSR count). The molecule has 0 atom stereocenters. The second-order valence-electron chi connectivity index (χ2n) is 2.73. The first-order valence-corrected chi connectivity index (χ1v) is 4.26. The third-order valence-electron chi connectivity index (χ3n) is 1.40. The molecule has 1 heterocycles. The number of pyridine rings is 1. The maximum absolute atomic E-state index is 11.8. The number of alkyl halides is 3. The lowest BCUT2D eigenvalue weighted by atomic mass is 10.3. The summed E-state index contributed by atoms with van der Waals surface area (Å²) in [6.07, 6.45) is -4.52. The molecule has 0 saturated heterocycles. The van der Waals surface area contributed by atoms with Gasteiger partial charge in [0.2, 0.25) is 5.88 Å². The third-order valence-corrected chi connectivity index (χ3v) is 1.59. The standard InChI is InChI=1S/C8H5ClF3NO3/c9-5-1-4(7(14)15)2-6(13-5)16-3-8(10,11)12/h1-2H,3H2,(H,14,15). The summed E-state index contributed by atoms with van der Waals surface area (Å²) in [6, 6.07) is 1.87. The smallest absolute Gasteiger partial charge is 0.422 e. The lowest BCUT2D eigenvalue weighted by Crippen LogP contribution is -2.19. The number of carbonyl (C=O) groups is 1. The molecule has 0 radical (unpaired) electrons. The van der Waals surface area contributed by atoms with Gasteiger partial charge in [-0.05, 0) is 6.07 Å². The first kappa shape index (κ1) is 12.6. The molecule has 0 bridgehead atoms. The fourth-order valence-corrected chi connectivity index (χ4v) is 1.03. The Kier molecular flexibility index (Phi) is 3.58. The van der Waals surface area contributed by atoms with Crippen LogP contribution in [0.4, 0.5) is 13.2 Å². The van der Waals surface area contributed by atoms with E-state index in [0.29, 0.717) is 0 Å². The van der Waals surface area contributed by atoms with E-state index in [4.69, 9.17) is 16.7 Å². The van der Waals surface area contributed by atoms with Gasteiger partial charge in [-0.3, -0.25) is 0 Å². The largest absolute Gasteiger partial charge is 0.478 e. The van der Waals surface area contributed by atoms with Gasteiger partial charge in [0.05, 0.1) is 5.56 Å². The average Bonchev–Trinajstić information content (AvgIpc) is 2.13. The number of hydrogen-bond donors (Lipinski definition) is 1. The zero-order valence-electron chi connectivity index (χ0n) is 7.58. The van der Waals surface area contributed by atoms with Gasteiger partial charge in [0.15, 0.2) is 6.61 Å². The quantitative estimate of drug-likeness (QED) is 0.843. The zero-order valence-corrected chi connectivity index (χ0v) is 8.34. The Morgan fingerprint density at radius 2 is 2.12 bits per heavy atom. The number of hydrogen-bond acceptors (Lipinski definition) is 3. The van der Waals surface area contributed by atoms with Crippen LogP contribution in [0.5, 0.6) is 5.88 Å². The normalized spacial score (nSPS) is 11.2. The molecular formula is C8H5ClF3NO3. The summed E-state index contributed by atoms with van der Waals surface area (Å²) in [5, 5.41) is 8.34. The van der Waals surface area contributed by atoms with Crippen molar-refractivity contribution in [3.63, 3.8) is 0 Å². The average molecular weight is 256 g/mol. The van der Waals surface area contributed by atoms with E-state index in [2.05, 4.69) is 9.72 Å². The van der Waals surface area contributed by atoms with Crippen LogP contribution in [0.25, 0.3) is 0 Å². The lowest BCUT2D eigenvalue weighted by molar-refractivity contribution is -0.154. The van der Waals surface area contributed by atoms with E-state index >= 15 is 0 Å². The molecule has 0 fully saturated rings. The summed E-state index contributed by atoms with van der Waals surface area (Å²) in [6.45, 7) is -1.56. The number of aromatic nitrogens is 1. The number of rotatable bonds is 3. The summed E-state index contributed by atoms with van der Waals surface area (Å²) < 4.78 is 39.7. The minimum atomic E-state index is -4.52. The topological polar surface area (TPSA) is 59.4 Å². The van der Waals surface area contributed by atoms with Crippen molar-refractivity contribution >= 4 is 17.6 Å². The van der Waals surface area contributed by atoms with Crippen molar-refractivity contribution in [2.24, 2.45) is 0 Å². The van der Waals surface area contributed by atoms with Crippen molar-refractivity contribution in [3.05, 3.63) is 22.8 Å². The van der Waals surface area contributed by atoms with E-state index < -0.39 is 24.6 Å². The predicted octanol–water partition coefficient (Wildman–Crippen LogP) is 2.37. The van der Waals surface area contributed by atoms with Crippen molar-refractivity contribution < 1.29 is 27.8 Å². The molecule has 0 aliphatic heterocycles. The number of halogens is 4. The molecule has 88 valence electrons. The van der Waals surface area contributed by atoms with Crippen molar-refractivity contribution in [2.45, 2.75) is 6.18 Å². The number of carboxylic acid groups (broad SMARTS) is 1. The summed E-state index contributed by atoms with van der Waals surface area (Å²) in [5.41, 5.74) is -0.294. The minimum Gasteiger partial charge on any atom is -0.478 e. The maximum Gasteiger partial charge on any atom is 0.422 e. The Morgan fingerprint density at radius 1 is 1.50 bits per heavy atom. The van der Waals surface area contributed by atoms with Crippen molar-refractivity contribution in [2.75, 3.05) is 6.61 Å². The predicted molar refractivity (Wildman–Crippen MR) is 47.8 cm³/mol. The highest BCUT2D eigenvalue weighted by Crippen LogP contribution is 2.20. The Bertz CT molecular complexity index is 408. The lowest BCUT2D eigenvalue weighted by Gasteiger charge is -2.08. The van der Waals surface area contributed by atoms with Crippen molar-refractivity contribution in [3.8, 4) is 5.88 Å². The molecule has 0 aliphatic rings. The maximum atomic E-state index is 11.8. The van der Waals surface area contributed by atoms with E-state index in [9.17, 15) is 18.0 Å². The number of nitrogens with zero attached hydrogens (tertiary/aromatic N) is 1. The first-order chi connectivity index (χ1) is 7.28. The molecule has 1 aromatic heterocycles. The zero-order chi connectivity index (χ0) is 12.3. The van der Waals surface area contributed by atoms with Gasteiger partial charge in [0.1, 0.15) is 5.15 Å². The van der Waals surface area contributed by atoms with Gasteiger partial charge < -0.3 is 9.84 Å². The Morgan fingerprint density at radius 3 is 2.62 bits per heavy atom. The van der Waals surface area contributed by atoms with Gasteiger partial charge in [0.25, 0.3) is 0 Å². The fourth-order valence-electron chi connectivity index (χ4n) is 0.826. The molecule has 0 amide bonds. The van der Waals surface area contributed by atoms with Gasteiger partial charge in [0, 0.05) is 6.07 Å². The van der Waals surface area contributed by atoms with Gasteiger partial charge in [-0.25, -0.2) is 9.78 Å². The van der Waals surface area contributed by atoms with Crippen LogP contribution in [0.1, 0.15) is 10.4 Å². The van der Waals surface area contributed by atoms with Crippen LogP contribution in [0.3, 0.4) is 0 Å². The van der Waals surface area contributed by atoms with Crippen LogP contribution in [-0.4, -0.2) is 28.8 Å². The molecule has 0 aliphatic carbocycles.